The van der Waals surface area contributed by atoms with Crippen LogP contribution in [0.25, 0.3) is 11.6 Å². The summed E-state index contributed by atoms with van der Waals surface area (Å²) in [6, 6.07) is 11.7. The predicted octanol–water partition coefficient (Wildman–Crippen LogP) is 5.89. The van der Waals surface area contributed by atoms with Gasteiger partial charge in [0.15, 0.2) is 0 Å². The van der Waals surface area contributed by atoms with E-state index in [1.54, 1.807) is 13.2 Å². The molecule has 0 radical (unpaired) electrons. The first-order valence-electron chi connectivity index (χ1n) is 9.16. The molecular formula is C22H22ClNO2. The number of hydrogen-bond donors (Lipinski definition) is 1. The normalized spacial score (nSPS) is 18.7. The van der Waals surface area contributed by atoms with E-state index in [0.717, 1.165) is 22.6 Å². The topological polar surface area (TPSA) is 38.3 Å². The average molecular weight is 368 g/mol. The zero-order valence-corrected chi connectivity index (χ0v) is 15.6. The highest BCUT2D eigenvalue weighted by Gasteiger charge is 2.25. The Morgan fingerprint density at radius 2 is 1.92 bits per heavy atom. The third-order valence-corrected chi connectivity index (χ3v) is 5.61. The standard InChI is InChI=1S/C22H22ClNO2/c1-26-21-10-7-14(11-17(21)15-5-3-2-4-6-15)12-19-18-13-16(23)8-9-20(18)24-22(19)25/h7-13,15H,2-6H2,1H3,(H,24,25). The Labute approximate surface area is 159 Å². The van der Waals surface area contributed by atoms with E-state index in [-0.39, 0.29) is 5.91 Å². The van der Waals surface area contributed by atoms with E-state index in [0.29, 0.717) is 16.5 Å². The first-order valence-corrected chi connectivity index (χ1v) is 9.54. The number of carbonyl (C=O) groups excluding carboxylic acids is 1. The summed E-state index contributed by atoms with van der Waals surface area (Å²) in [4.78, 5) is 12.4. The summed E-state index contributed by atoms with van der Waals surface area (Å²) in [5.41, 5.74) is 4.60. The molecule has 0 bridgehead atoms. The first kappa shape index (κ1) is 17.2. The lowest BCUT2D eigenvalue weighted by Gasteiger charge is -2.24. The SMILES string of the molecule is COc1ccc(C=C2C(=O)Nc3ccc(Cl)cc32)cc1C1CCCCC1. The van der Waals surface area contributed by atoms with Gasteiger partial charge in [0.25, 0.3) is 5.91 Å². The van der Waals surface area contributed by atoms with Crippen LogP contribution in [-0.2, 0) is 4.79 Å². The second-order valence-corrected chi connectivity index (χ2v) is 7.47. The molecule has 2 aliphatic rings. The summed E-state index contributed by atoms with van der Waals surface area (Å²) in [5.74, 6) is 1.40. The van der Waals surface area contributed by atoms with Crippen LogP contribution in [0.2, 0.25) is 5.02 Å². The molecule has 0 atom stereocenters. The number of methoxy groups -OCH3 is 1. The molecule has 2 aromatic rings. The molecule has 0 saturated heterocycles. The van der Waals surface area contributed by atoms with Crippen molar-refractivity contribution >= 4 is 34.8 Å². The quantitative estimate of drug-likeness (QED) is 0.687. The minimum Gasteiger partial charge on any atom is -0.496 e. The van der Waals surface area contributed by atoms with E-state index < -0.39 is 0 Å². The Kier molecular flexibility index (Phi) is 4.73. The Bertz CT molecular complexity index is 882. The van der Waals surface area contributed by atoms with Gasteiger partial charge in [-0.2, -0.15) is 0 Å². The molecule has 1 N–H and O–H groups in total. The van der Waals surface area contributed by atoms with E-state index in [4.69, 9.17) is 16.3 Å². The number of rotatable bonds is 3. The third kappa shape index (κ3) is 3.24. The zero-order valence-electron chi connectivity index (χ0n) is 14.8. The Morgan fingerprint density at radius 3 is 2.69 bits per heavy atom. The van der Waals surface area contributed by atoms with E-state index in [1.807, 2.05) is 30.3 Å². The number of benzene rings is 2. The Morgan fingerprint density at radius 1 is 1.12 bits per heavy atom. The largest absolute Gasteiger partial charge is 0.496 e. The van der Waals surface area contributed by atoms with Crippen LogP contribution in [0.5, 0.6) is 5.75 Å². The highest BCUT2D eigenvalue weighted by molar-refractivity contribution is 6.36. The van der Waals surface area contributed by atoms with Crippen molar-refractivity contribution in [2.24, 2.45) is 0 Å². The van der Waals surface area contributed by atoms with Gasteiger partial charge in [0.2, 0.25) is 0 Å². The van der Waals surface area contributed by atoms with Gasteiger partial charge in [-0.05, 0) is 66.3 Å². The molecule has 1 saturated carbocycles. The monoisotopic (exact) mass is 367 g/mol. The number of anilines is 1. The van der Waals surface area contributed by atoms with Gasteiger partial charge >= 0.3 is 0 Å². The summed E-state index contributed by atoms with van der Waals surface area (Å²) < 4.78 is 5.60. The maximum Gasteiger partial charge on any atom is 0.256 e. The second-order valence-electron chi connectivity index (χ2n) is 7.04. The van der Waals surface area contributed by atoms with Crippen LogP contribution in [0, 0.1) is 0 Å². The maximum atomic E-state index is 12.4. The van der Waals surface area contributed by atoms with Crippen molar-refractivity contribution in [2.45, 2.75) is 38.0 Å². The molecule has 134 valence electrons. The smallest absolute Gasteiger partial charge is 0.256 e. The van der Waals surface area contributed by atoms with Crippen molar-refractivity contribution in [3.05, 3.63) is 58.1 Å². The number of nitrogens with one attached hydrogen (secondary N) is 1. The van der Waals surface area contributed by atoms with Gasteiger partial charge in [-0.15, -0.1) is 0 Å². The summed E-state index contributed by atoms with van der Waals surface area (Å²) in [5, 5.41) is 3.53. The number of hydrogen-bond acceptors (Lipinski definition) is 2. The molecule has 2 aromatic carbocycles. The summed E-state index contributed by atoms with van der Waals surface area (Å²) in [6.45, 7) is 0. The van der Waals surface area contributed by atoms with Crippen LogP contribution in [0.1, 0.15) is 54.7 Å². The van der Waals surface area contributed by atoms with Crippen LogP contribution in [-0.4, -0.2) is 13.0 Å². The van der Waals surface area contributed by atoms with E-state index in [9.17, 15) is 4.79 Å². The van der Waals surface area contributed by atoms with Gasteiger partial charge in [0, 0.05) is 21.8 Å². The van der Waals surface area contributed by atoms with E-state index >= 15 is 0 Å². The zero-order chi connectivity index (χ0) is 18.1. The Balaban J connectivity index is 1.74. The highest BCUT2D eigenvalue weighted by Crippen LogP contribution is 2.39. The first-order chi connectivity index (χ1) is 12.7. The number of halogens is 1. The third-order valence-electron chi connectivity index (χ3n) is 5.37. The molecule has 1 aliphatic heterocycles. The summed E-state index contributed by atoms with van der Waals surface area (Å²) in [6.07, 6.45) is 8.22. The molecule has 4 heteroatoms. The lowest BCUT2D eigenvalue weighted by Crippen LogP contribution is -2.07. The predicted molar refractivity (Wildman–Crippen MR) is 107 cm³/mol. The number of fused-ring (bicyclic) bond motifs is 1. The average Bonchev–Trinajstić information content (AvgIpc) is 2.97. The molecule has 3 nitrogen and oxygen atoms in total. The molecule has 0 unspecified atom stereocenters. The van der Waals surface area contributed by atoms with Crippen LogP contribution < -0.4 is 10.1 Å². The van der Waals surface area contributed by atoms with Crippen molar-refractivity contribution in [3.63, 3.8) is 0 Å². The van der Waals surface area contributed by atoms with Crippen molar-refractivity contribution in [1.29, 1.82) is 0 Å². The van der Waals surface area contributed by atoms with Gasteiger partial charge in [0.05, 0.1) is 7.11 Å². The van der Waals surface area contributed by atoms with Gasteiger partial charge in [-0.1, -0.05) is 36.9 Å². The minimum atomic E-state index is -0.0858. The van der Waals surface area contributed by atoms with Gasteiger partial charge in [-0.3, -0.25) is 4.79 Å². The lowest BCUT2D eigenvalue weighted by molar-refractivity contribution is -0.110. The second kappa shape index (κ2) is 7.16. The molecule has 0 aromatic heterocycles. The lowest BCUT2D eigenvalue weighted by atomic mass is 9.83. The Hall–Kier alpha value is -2.26. The van der Waals surface area contributed by atoms with Crippen LogP contribution >= 0.6 is 11.6 Å². The molecule has 26 heavy (non-hydrogen) atoms. The number of carbonyl (C=O) groups is 1. The van der Waals surface area contributed by atoms with E-state index in [2.05, 4.69) is 11.4 Å². The van der Waals surface area contributed by atoms with Crippen molar-refractivity contribution in [2.75, 3.05) is 12.4 Å². The fourth-order valence-corrected chi connectivity index (χ4v) is 4.22. The van der Waals surface area contributed by atoms with Crippen LogP contribution in [0.3, 0.4) is 0 Å². The maximum absolute atomic E-state index is 12.4. The highest BCUT2D eigenvalue weighted by atomic mass is 35.5. The number of amides is 1. The molecule has 4 rings (SSSR count). The van der Waals surface area contributed by atoms with Crippen LogP contribution in [0.15, 0.2) is 36.4 Å². The van der Waals surface area contributed by atoms with Crippen molar-refractivity contribution in [1.82, 2.24) is 0 Å². The minimum absolute atomic E-state index is 0.0858. The molecule has 1 fully saturated rings. The van der Waals surface area contributed by atoms with Gasteiger partial charge in [0.1, 0.15) is 5.75 Å². The van der Waals surface area contributed by atoms with Gasteiger partial charge < -0.3 is 10.1 Å². The fraction of sp³-hybridized carbons (Fsp3) is 0.318. The summed E-state index contributed by atoms with van der Waals surface area (Å²) in [7, 11) is 1.72. The van der Waals surface area contributed by atoms with Crippen molar-refractivity contribution < 1.29 is 9.53 Å². The molecule has 0 spiro atoms. The van der Waals surface area contributed by atoms with Crippen LogP contribution in [0.4, 0.5) is 5.69 Å². The fourth-order valence-electron chi connectivity index (χ4n) is 4.05. The molecule has 1 amide bonds. The van der Waals surface area contributed by atoms with Gasteiger partial charge in [-0.25, -0.2) is 0 Å². The molecule has 1 aliphatic carbocycles. The molecular weight excluding hydrogens is 346 g/mol. The van der Waals surface area contributed by atoms with Crippen molar-refractivity contribution in [3.8, 4) is 5.75 Å². The molecule has 1 heterocycles. The number of ether oxygens (including phenoxy) is 1. The van der Waals surface area contributed by atoms with E-state index in [1.165, 1.54) is 37.7 Å². The summed E-state index contributed by atoms with van der Waals surface area (Å²) >= 11 is 6.12.